The zero-order chi connectivity index (χ0) is 13.1. The van der Waals surface area contributed by atoms with Crippen molar-refractivity contribution in [1.29, 1.82) is 0 Å². The molecule has 0 aromatic carbocycles. The standard InChI is InChI=1S/C10H10BrF2NO3/c1-2-17-9(16)10(12,13)8(15)7-4-3-6(11)5-14-7/h3-5,8,15H,2H2,1H3. The summed E-state index contributed by atoms with van der Waals surface area (Å²) in [5, 5.41) is 9.41. The van der Waals surface area contributed by atoms with Crippen molar-refractivity contribution >= 4 is 21.9 Å². The predicted octanol–water partition coefficient (Wildman–Crippen LogP) is 2.08. The van der Waals surface area contributed by atoms with Crippen molar-refractivity contribution in [2.24, 2.45) is 0 Å². The minimum Gasteiger partial charge on any atom is -0.461 e. The number of carbonyl (C=O) groups is 1. The Bertz CT molecular complexity index is 397. The second-order valence-corrected chi connectivity index (χ2v) is 4.06. The van der Waals surface area contributed by atoms with Crippen LogP contribution in [0, 0.1) is 0 Å². The van der Waals surface area contributed by atoms with Gasteiger partial charge in [-0.3, -0.25) is 4.98 Å². The Labute approximate surface area is 105 Å². The van der Waals surface area contributed by atoms with Gasteiger partial charge in [0.1, 0.15) is 0 Å². The molecule has 0 aliphatic rings. The first-order valence-electron chi connectivity index (χ1n) is 4.74. The second kappa shape index (κ2) is 5.50. The fraction of sp³-hybridized carbons (Fsp3) is 0.400. The zero-order valence-corrected chi connectivity index (χ0v) is 10.4. The van der Waals surface area contributed by atoms with E-state index in [1.807, 2.05) is 0 Å². The van der Waals surface area contributed by atoms with E-state index in [1.165, 1.54) is 25.3 Å². The molecule has 17 heavy (non-hydrogen) atoms. The van der Waals surface area contributed by atoms with Gasteiger partial charge in [0, 0.05) is 10.7 Å². The van der Waals surface area contributed by atoms with Crippen LogP contribution in [-0.4, -0.2) is 28.6 Å². The number of rotatable bonds is 4. The van der Waals surface area contributed by atoms with Crippen molar-refractivity contribution in [1.82, 2.24) is 4.98 Å². The first-order chi connectivity index (χ1) is 7.89. The van der Waals surface area contributed by atoms with Crippen LogP contribution in [0.5, 0.6) is 0 Å². The minimum atomic E-state index is -4.02. The van der Waals surface area contributed by atoms with Crippen LogP contribution in [0.15, 0.2) is 22.8 Å². The maximum Gasteiger partial charge on any atom is 0.380 e. The van der Waals surface area contributed by atoms with Crippen molar-refractivity contribution in [2.45, 2.75) is 19.0 Å². The molecule has 0 aliphatic carbocycles. The summed E-state index contributed by atoms with van der Waals surface area (Å²) in [5.41, 5.74) is -0.300. The third-order valence-electron chi connectivity index (χ3n) is 1.92. The molecule has 1 N–H and O–H groups in total. The third-order valence-corrected chi connectivity index (χ3v) is 2.39. The van der Waals surface area contributed by atoms with Crippen LogP contribution in [0.4, 0.5) is 8.78 Å². The maximum atomic E-state index is 13.4. The van der Waals surface area contributed by atoms with Crippen molar-refractivity contribution in [3.05, 3.63) is 28.5 Å². The van der Waals surface area contributed by atoms with Gasteiger partial charge in [-0.15, -0.1) is 0 Å². The van der Waals surface area contributed by atoms with Gasteiger partial charge in [0.25, 0.3) is 0 Å². The highest BCUT2D eigenvalue weighted by atomic mass is 79.9. The molecule has 0 aliphatic heterocycles. The molecule has 1 atom stereocenters. The number of esters is 1. The lowest BCUT2D eigenvalue weighted by Crippen LogP contribution is -2.37. The largest absolute Gasteiger partial charge is 0.461 e. The van der Waals surface area contributed by atoms with Gasteiger partial charge in [-0.2, -0.15) is 8.78 Å². The summed E-state index contributed by atoms with van der Waals surface area (Å²) in [6.45, 7) is 1.22. The van der Waals surface area contributed by atoms with E-state index in [0.717, 1.165) is 0 Å². The molecule has 1 aromatic rings. The molecule has 0 fully saturated rings. The molecule has 0 bridgehead atoms. The molecule has 4 nitrogen and oxygen atoms in total. The van der Waals surface area contributed by atoms with Gasteiger partial charge in [0.05, 0.1) is 12.3 Å². The van der Waals surface area contributed by atoms with Crippen LogP contribution < -0.4 is 0 Å². The van der Waals surface area contributed by atoms with E-state index in [-0.39, 0.29) is 12.3 Å². The number of hydrogen-bond donors (Lipinski definition) is 1. The van der Waals surface area contributed by atoms with Crippen LogP contribution in [0.25, 0.3) is 0 Å². The quantitative estimate of drug-likeness (QED) is 0.865. The number of nitrogens with zero attached hydrogens (tertiary/aromatic N) is 1. The first kappa shape index (κ1) is 14.0. The Kier molecular flexibility index (Phi) is 4.53. The number of ether oxygens (including phenoxy) is 1. The predicted molar refractivity (Wildman–Crippen MR) is 58.5 cm³/mol. The average molecular weight is 310 g/mol. The fourth-order valence-corrected chi connectivity index (χ4v) is 1.31. The summed E-state index contributed by atoms with van der Waals surface area (Å²) in [4.78, 5) is 14.6. The van der Waals surface area contributed by atoms with Gasteiger partial charge in [-0.05, 0) is 35.0 Å². The lowest BCUT2D eigenvalue weighted by molar-refractivity contribution is -0.189. The molecular weight excluding hydrogens is 300 g/mol. The van der Waals surface area contributed by atoms with Gasteiger partial charge in [0.15, 0.2) is 6.10 Å². The van der Waals surface area contributed by atoms with E-state index >= 15 is 0 Å². The molecule has 1 aromatic heterocycles. The zero-order valence-electron chi connectivity index (χ0n) is 8.86. The molecule has 7 heteroatoms. The molecule has 0 saturated carbocycles. The summed E-state index contributed by atoms with van der Waals surface area (Å²) in [6.07, 6.45) is -1.07. The number of pyridine rings is 1. The van der Waals surface area contributed by atoms with E-state index in [9.17, 15) is 18.7 Å². The summed E-state index contributed by atoms with van der Waals surface area (Å²) in [6, 6.07) is 2.63. The van der Waals surface area contributed by atoms with Crippen LogP contribution in [-0.2, 0) is 9.53 Å². The molecule has 94 valence electrons. The van der Waals surface area contributed by atoms with Crippen LogP contribution >= 0.6 is 15.9 Å². The molecule has 0 amide bonds. The molecule has 0 spiro atoms. The van der Waals surface area contributed by atoms with Crippen LogP contribution in [0.2, 0.25) is 0 Å². The Hall–Kier alpha value is -1.08. The fourth-order valence-electron chi connectivity index (χ4n) is 1.07. The first-order valence-corrected chi connectivity index (χ1v) is 5.53. The number of halogens is 3. The van der Waals surface area contributed by atoms with Gasteiger partial charge >= 0.3 is 11.9 Å². The molecule has 1 unspecified atom stereocenters. The minimum absolute atomic E-state index is 0.186. The number of aromatic nitrogens is 1. The highest BCUT2D eigenvalue weighted by Crippen LogP contribution is 2.31. The molecule has 1 heterocycles. The van der Waals surface area contributed by atoms with Gasteiger partial charge < -0.3 is 9.84 Å². The third kappa shape index (κ3) is 3.19. The smallest absolute Gasteiger partial charge is 0.380 e. The van der Waals surface area contributed by atoms with Gasteiger partial charge in [0.2, 0.25) is 0 Å². The Balaban J connectivity index is 2.91. The number of alkyl halides is 2. The van der Waals surface area contributed by atoms with Gasteiger partial charge in [-0.25, -0.2) is 4.79 Å². The Morgan fingerprint density at radius 2 is 2.29 bits per heavy atom. The lowest BCUT2D eigenvalue weighted by atomic mass is 10.1. The summed E-state index contributed by atoms with van der Waals surface area (Å²) in [5.74, 6) is -5.78. The molecule has 0 saturated heterocycles. The normalized spacial score (nSPS) is 13.2. The molecule has 0 radical (unpaired) electrons. The monoisotopic (exact) mass is 309 g/mol. The highest BCUT2D eigenvalue weighted by molar-refractivity contribution is 9.10. The average Bonchev–Trinajstić information content (AvgIpc) is 2.29. The molecule has 1 rings (SSSR count). The number of aliphatic hydroxyl groups excluding tert-OH is 1. The lowest BCUT2D eigenvalue weighted by Gasteiger charge is -2.20. The summed E-state index contributed by atoms with van der Waals surface area (Å²) < 4.78 is 31.6. The number of hydrogen-bond acceptors (Lipinski definition) is 4. The van der Waals surface area contributed by atoms with E-state index < -0.39 is 18.0 Å². The van der Waals surface area contributed by atoms with E-state index in [4.69, 9.17) is 0 Å². The van der Waals surface area contributed by atoms with E-state index in [2.05, 4.69) is 25.7 Å². The topological polar surface area (TPSA) is 59.4 Å². The maximum absolute atomic E-state index is 13.4. The van der Waals surface area contributed by atoms with Crippen molar-refractivity contribution in [2.75, 3.05) is 6.61 Å². The van der Waals surface area contributed by atoms with Crippen LogP contribution in [0.3, 0.4) is 0 Å². The van der Waals surface area contributed by atoms with E-state index in [1.54, 1.807) is 0 Å². The van der Waals surface area contributed by atoms with Gasteiger partial charge in [-0.1, -0.05) is 0 Å². The second-order valence-electron chi connectivity index (χ2n) is 3.15. The molecular formula is C10H10BrF2NO3. The van der Waals surface area contributed by atoms with Crippen LogP contribution in [0.1, 0.15) is 18.7 Å². The van der Waals surface area contributed by atoms with Crippen molar-refractivity contribution in [3.8, 4) is 0 Å². The Morgan fingerprint density at radius 1 is 1.65 bits per heavy atom. The number of carbonyl (C=O) groups excluding carboxylic acids is 1. The highest BCUT2D eigenvalue weighted by Gasteiger charge is 2.49. The number of aliphatic hydroxyl groups is 1. The SMILES string of the molecule is CCOC(=O)C(F)(F)C(O)c1ccc(Br)cn1. The summed E-state index contributed by atoms with van der Waals surface area (Å²) in [7, 11) is 0. The Morgan fingerprint density at radius 3 is 2.76 bits per heavy atom. The van der Waals surface area contributed by atoms with Crippen molar-refractivity contribution < 1.29 is 23.4 Å². The summed E-state index contributed by atoms with van der Waals surface area (Å²) >= 11 is 3.08. The van der Waals surface area contributed by atoms with Crippen molar-refractivity contribution in [3.63, 3.8) is 0 Å². The van der Waals surface area contributed by atoms with E-state index in [0.29, 0.717) is 4.47 Å².